The van der Waals surface area contributed by atoms with Gasteiger partial charge >= 0.3 is 7.12 Å². The highest BCUT2D eigenvalue weighted by Gasteiger charge is 2.16. The lowest BCUT2D eigenvalue weighted by Crippen LogP contribution is -2.31. The van der Waals surface area contributed by atoms with Crippen LogP contribution >= 0.6 is 22.9 Å². The van der Waals surface area contributed by atoms with E-state index in [-0.39, 0.29) is 28.1 Å². The van der Waals surface area contributed by atoms with Crippen molar-refractivity contribution in [1.29, 1.82) is 0 Å². The van der Waals surface area contributed by atoms with Gasteiger partial charge in [-0.25, -0.2) is 24.3 Å². The molecule has 9 nitrogen and oxygen atoms in total. The maximum Gasteiger partial charge on any atom is 0.493 e. The van der Waals surface area contributed by atoms with Crippen molar-refractivity contribution >= 4 is 56.6 Å². The van der Waals surface area contributed by atoms with Gasteiger partial charge in [0, 0.05) is 30.1 Å². The summed E-state index contributed by atoms with van der Waals surface area (Å²) in [6.07, 6.45) is 4.41. The zero-order chi connectivity index (χ0) is 25.5. The van der Waals surface area contributed by atoms with Gasteiger partial charge < -0.3 is 24.8 Å². The Labute approximate surface area is 214 Å². The van der Waals surface area contributed by atoms with Crippen molar-refractivity contribution in [3.63, 3.8) is 0 Å². The number of hydrogen-bond donors (Lipinski definition) is 3. The van der Waals surface area contributed by atoms with Crippen LogP contribution in [0.4, 0.5) is 15.2 Å². The monoisotopic (exact) mass is 525 g/mol. The summed E-state index contributed by atoms with van der Waals surface area (Å²) in [5, 5.41) is 21.3. The average molecular weight is 526 g/mol. The molecule has 0 radical (unpaired) electrons. The summed E-state index contributed by atoms with van der Waals surface area (Å²) in [5.41, 5.74) is 1.44. The van der Waals surface area contributed by atoms with E-state index in [9.17, 15) is 4.39 Å². The molecule has 0 aliphatic heterocycles. The minimum absolute atomic E-state index is 0.111. The van der Waals surface area contributed by atoms with Gasteiger partial charge in [-0.1, -0.05) is 41.1 Å². The van der Waals surface area contributed by atoms with Crippen LogP contribution in [0.3, 0.4) is 0 Å². The van der Waals surface area contributed by atoms with E-state index in [1.165, 1.54) is 49.2 Å². The summed E-state index contributed by atoms with van der Waals surface area (Å²) in [4.78, 5) is 16.0. The first-order valence-corrected chi connectivity index (χ1v) is 11.6. The molecule has 0 amide bonds. The Morgan fingerprint density at radius 1 is 0.972 bits per heavy atom. The number of fused-ring (bicyclic) bond motifs is 1. The molecule has 0 saturated carbocycles. The van der Waals surface area contributed by atoms with Crippen molar-refractivity contribution in [2.45, 2.75) is 0 Å². The van der Waals surface area contributed by atoms with Gasteiger partial charge in [0.1, 0.15) is 11.6 Å². The van der Waals surface area contributed by atoms with Crippen molar-refractivity contribution in [2.24, 2.45) is 0 Å². The summed E-state index contributed by atoms with van der Waals surface area (Å²) in [6.45, 7) is 0. The third-order valence-electron chi connectivity index (χ3n) is 4.59. The number of aromatic nitrogens is 4. The summed E-state index contributed by atoms with van der Waals surface area (Å²) in [5.74, 6) is 0.157. The third-order valence-corrected chi connectivity index (χ3v) is 5.80. The fourth-order valence-corrected chi connectivity index (χ4v) is 3.98. The molecule has 3 aromatic heterocycles. The number of thiazole rings is 1. The van der Waals surface area contributed by atoms with Crippen LogP contribution in [-0.2, 0) is 0 Å². The molecule has 0 aliphatic carbocycles. The van der Waals surface area contributed by atoms with E-state index >= 15 is 0 Å². The largest absolute Gasteiger partial charge is 0.493 e. The van der Waals surface area contributed by atoms with Gasteiger partial charge in [0.2, 0.25) is 5.88 Å². The Morgan fingerprint density at radius 3 is 2.44 bits per heavy atom. The van der Waals surface area contributed by atoms with Crippen LogP contribution in [0, 0.1) is 5.82 Å². The molecule has 3 N–H and O–H groups in total. The van der Waals surface area contributed by atoms with Crippen LogP contribution in [0.25, 0.3) is 10.2 Å². The predicted octanol–water partition coefficient (Wildman–Crippen LogP) is 4.18. The second kappa shape index (κ2) is 11.7. The lowest BCUT2D eigenvalue weighted by atomic mass is 9.81. The molecule has 2 aromatic carbocycles. The van der Waals surface area contributed by atoms with Gasteiger partial charge in [-0.3, -0.25) is 0 Å². The van der Waals surface area contributed by atoms with Crippen LogP contribution in [0.2, 0.25) is 5.15 Å². The number of ether oxygens (including phenoxy) is 2. The zero-order valence-corrected chi connectivity index (χ0v) is 20.2. The van der Waals surface area contributed by atoms with E-state index in [1.54, 1.807) is 18.2 Å². The van der Waals surface area contributed by atoms with E-state index in [4.69, 9.17) is 31.1 Å². The molecule has 182 valence electrons. The van der Waals surface area contributed by atoms with Crippen molar-refractivity contribution in [3.8, 4) is 17.5 Å². The third kappa shape index (κ3) is 6.23. The molecular weight excluding hydrogens is 508 g/mol. The average Bonchev–Trinajstić information content (AvgIpc) is 3.30. The Balaban J connectivity index is 0.000000233. The molecule has 36 heavy (non-hydrogen) atoms. The maximum absolute atomic E-state index is 14.4. The molecule has 0 aliphatic rings. The molecule has 5 aromatic rings. The lowest BCUT2D eigenvalue weighted by Gasteiger charge is -2.08. The molecule has 5 rings (SSSR count). The highest BCUT2D eigenvalue weighted by molar-refractivity contribution is 7.22. The molecular formula is C23H18BClFN5O4S. The topological polar surface area (TPSA) is 123 Å². The number of para-hydroxylation sites is 1. The van der Waals surface area contributed by atoms with Crippen LogP contribution in [0.5, 0.6) is 17.5 Å². The highest BCUT2D eigenvalue weighted by Crippen LogP contribution is 2.31. The smallest absolute Gasteiger partial charge is 0.481 e. The fourth-order valence-electron chi connectivity index (χ4n) is 2.96. The molecule has 0 unspecified atom stereocenters. The number of halogens is 2. The first-order chi connectivity index (χ1) is 17.4. The van der Waals surface area contributed by atoms with Crippen molar-refractivity contribution < 1.29 is 23.9 Å². The first-order valence-electron chi connectivity index (χ1n) is 10.4. The first kappa shape index (κ1) is 25.3. The van der Waals surface area contributed by atoms with Crippen molar-refractivity contribution in [2.75, 3.05) is 12.4 Å². The minimum atomic E-state index is -1.53. The number of nitrogens with zero attached hydrogens (tertiary/aromatic N) is 4. The van der Waals surface area contributed by atoms with Gasteiger partial charge in [0.25, 0.3) is 5.88 Å². The normalized spacial score (nSPS) is 10.4. The number of nitrogens with one attached hydrogen (secondary N) is 1. The van der Waals surface area contributed by atoms with E-state index in [0.29, 0.717) is 10.8 Å². The molecule has 13 heteroatoms. The predicted molar refractivity (Wildman–Crippen MR) is 137 cm³/mol. The standard InChI is InChI=1S/C17H10ClFN4OS.C6H8BNO3/c18-15-16(21-8-7-20-15)24-10-5-6-12(11(19)9-10)22-17-23-13-3-1-2-4-14(13)25-17;1-11-6-5(7(9)10)3-2-4-8-6/h1-9H,(H,22,23);2-4,9-10H,1H3. The van der Waals surface area contributed by atoms with E-state index in [1.807, 2.05) is 24.3 Å². The molecule has 0 saturated heterocycles. The number of methoxy groups -OCH3 is 1. The minimum Gasteiger partial charge on any atom is -0.481 e. The molecule has 0 atom stereocenters. The van der Waals surface area contributed by atoms with Crippen molar-refractivity contribution in [1.82, 2.24) is 19.9 Å². The van der Waals surface area contributed by atoms with Crippen LogP contribution in [0.1, 0.15) is 0 Å². The Bertz CT molecular complexity index is 1440. The number of hydrogen-bond acceptors (Lipinski definition) is 10. The number of anilines is 2. The quantitative estimate of drug-likeness (QED) is 0.280. The lowest BCUT2D eigenvalue weighted by molar-refractivity contribution is 0.391. The van der Waals surface area contributed by atoms with Crippen LogP contribution in [0.15, 0.2) is 73.2 Å². The number of pyridine rings is 1. The van der Waals surface area contributed by atoms with Crippen LogP contribution in [-0.4, -0.2) is 44.2 Å². The Morgan fingerprint density at radius 2 is 1.75 bits per heavy atom. The maximum atomic E-state index is 14.4. The number of rotatable bonds is 6. The molecule has 0 bridgehead atoms. The van der Waals surface area contributed by atoms with E-state index in [0.717, 1.165) is 10.2 Å². The second-order valence-corrected chi connectivity index (χ2v) is 8.37. The summed E-state index contributed by atoms with van der Waals surface area (Å²) in [6, 6.07) is 15.3. The summed E-state index contributed by atoms with van der Waals surface area (Å²) in [7, 11) is -0.104. The van der Waals surface area contributed by atoms with Gasteiger partial charge in [-0.05, 0) is 30.3 Å². The van der Waals surface area contributed by atoms with Gasteiger partial charge in [0.15, 0.2) is 10.3 Å². The number of benzene rings is 2. The van der Waals surface area contributed by atoms with Gasteiger partial charge in [-0.2, -0.15) is 0 Å². The van der Waals surface area contributed by atoms with Crippen molar-refractivity contribution in [3.05, 3.63) is 84.2 Å². The second-order valence-electron chi connectivity index (χ2n) is 6.98. The van der Waals surface area contributed by atoms with Gasteiger partial charge in [0.05, 0.1) is 23.0 Å². The molecule has 0 fully saturated rings. The van der Waals surface area contributed by atoms with E-state index in [2.05, 4.69) is 25.3 Å². The highest BCUT2D eigenvalue weighted by atomic mass is 35.5. The SMILES string of the molecule is COc1ncccc1B(O)O.Fc1cc(Oc2nccnc2Cl)ccc1Nc1nc2ccccc2s1. The summed E-state index contributed by atoms with van der Waals surface area (Å²) < 4.78 is 25.6. The summed E-state index contributed by atoms with van der Waals surface area (Å²) >= 11 is 7.33. The zero-order valence-electron chi connectivity index (χ0n) is 18.7. The molecule has 3 heterocycles. The van der Waals surface area contributed by atoms with Crippen LogP contribution < -0.4 is 20.3 Å². The van der Waals surface area contributed by atoms with E-state index < -0.39 is 12.9 Å². The Hall–Kier alpha value is -3.84. The Kier molecular flexibility index (Phi) is 8.23. The fraction of sp³-hybridized carbons (Fsp3) is 0.0435. The molecule has 0 spiro atoms. The van der Waals surface area contributed by atoms with Gasteiger partial charge in [-0.15, -0.1) is 0 Å².